The molecule has 3 rings (SSSR count). The van der Waals surface area contributed by atoms with Crippen LogP contribution in [0.3, 0.4) is 0 Å². The number of benzene rings is 2. The minimum atomic E-state index is -1.23. The molecule has 1 fully saturated rings. The monoisotopic (exact) mass is 329 g/mol. The number of aliphatic imine (C=N–C) groups is 1. The topological polar surface area (TPSA) is 79.0 Å². The molecule has 0 bridgehead atoms. The lowest BCUT2D eigenvalue weighted by Crippen LogP contribution is -2.42. The first-order valence-corrected chi connectivity index (χ1v) is 7.97. The SMILES string of the molecule is CN1C(=Nc2ccccc2)SCC1(O)c1ccc([N+](=O)[O-])cc1. The maximum absolute atomic E-state index is 11.0. The predicted octanol–water partition coefficient (Wildman–Crippen LogP) is 3.11. The molecule has 7 heteroatoms. The van der Waals surface area contributed by atoms with Gasteiger partial charge >= 0.3 is 0 Å². The molecule has 1 heterocycles. The van der Waals surface area contributed by atoms with Gasteiger partial charge in [0.05, 0.1) is 16.4 Å². The van der Waals surface area contributed by atoms with Gasteiger partial charge in [0.25, 0.3) is 5.69 Å². The van der Waals surface area contributed by atoms with E-state index < -0.39 is 10.6 Å². The molecule has 23 heavy (non-hydrogen) atoms. The first-order valence-electron chi connectivity index (χ1n) is 6.98. The van der Waals surface area contributed by atoms with E-state index in [9.17, 15) is 15.2 Å². The van der Waals surface area contributed by atoms with Gasteiger partial charge in [-0.25, -0.2) is 4.99 Å². The molecular formula is C16H15N3O3S. The Morgan fingerprint density at radius 2 is 1.87 bits per heavy atom. The lowest BCUT2D eigenvalue weighted by molar-refractivity contribution is -0.384. The molecule has 118 valence electrons. The van der Waals surface area contributed by atoms with E-state index in [2.05, 4.69) is 4.99 Å². The lowest BCUT2D eigenvalue weighted by atomic mass is 10.0. The van der Waals surface area contributed by atoms with Crippen LogP contribution in [0, 0.1) is 10.1 Å². The van der Waals surface area contributed by atoms with Crippen LogP contribution in [-0.4, -0.2) is 32.9 Å². The summed E-state index contributed by atoms with van der Waals surface area (Å²) in [5.41, 5.74) is 0.197. The van der Waals surface area contributed by atoms with E-state index in [1.807, 2.05) is 30.3 Å². The molecule has 2 aromatic rings. The molecule has 1 aliphatic heterocycles. The molecule has 2 aromatic carbocycles. The van der Waals surface area contributed by atoms with Crippen molar-refractivity contribution >= 4 is 28.3 Å². The average Bonchev–Trinajstić information content (AvgIpc) is 2.85. The summed E-state index contributed by atoms with van der Waals surface area (Å²) in [6.07, 6.45) is 0. The zero-order valence-electron chi connectivity index (χ0n) is 12.4. The summed E-state index contributed by atoms with van der Waals surface area (Å²) >= 11 is 1.45. The Kier molecular flexibility index (Phi) is 4.06. The summed E-state index contributed by atoms with van der Waals surface area (Å²) in [4.78, 5) is 16.5. The van der Waals surface area contributed by atoms with Gasteiger partial charge in [-0.3, -0.25) is 10.1 Å². The summed E-state index contributed by atoms with van der Waals surface area (Å²) in [6.45, 7) is 0. The van der Waals surface area contributed by atoms with Crippen molar-refractivity contribution < 1.29 is 10.0 Å². The number of amidine groups is 1. The van der Waals surface area contributed by atoms with Gasteiger partial charge < -0.3 is 10.0 Å². The largest absolute Gasteiger partial charge is 0.366 e. The molecule has 0 spiro atoms. The quantitative estimate of drug-likeness (QED) is 0.691. The highest BCUT2D eigenvalue weighted by atomic mass is 32.2. The van der Waals surface area contributed by atoms with Crippen molar-refractivity contribution in [2.24, 2.45) is 4.99 Å². The Hall–Kier alpha value is -2.38. The Labute approximate surface area is 137 Å². The highest BCUT2D eigenvalue weighted by Gasteiger charge is 2.42. The molecule has 0 amide bonds. The highest BCUT2D eigenvalue weighted by molar-refractivity contribution is 8.14. The van der Waals surface area contributed by atoms with Gasteiger partial charge in [0.2, 0.25) is 0 Å². The molecule has 6 nitrogen and oxygen atoms in total. The van der Waals surface area contributed by atoms with Crippen LogP contribution in [0.5, 0.6) is 0 Å². The van der Waals surface area contributed by atoms with Crippen LogP contribution < -0.4 is 0 Å². The Morgan fingerprint density at radius 1 is 1.22 bits per heavy atom. The standard InChI is InChI=1S/C16H15N3O3S/c1-18-15(17-13-5-3-2-4-6-13)23-11-16(18,20)12-7-9-14(10-8-12)19(21)22/h2-10,20H,11H2,1H3. The van der Waals surface area contributed by atoms with Crippen molar-refractivity contribution in [1.29, 1.82) is 0 Å². The second-order valence-electron chi connectivity index (χ2n) is 5.20. The fourth-order valence-electron chi connectivity index (χ4n) is 2.36. The first kappa shape index (κ1) is 15.5. The van der Waals surface area contributed by atoms with E-state index in [4.69, 9.17) is 0 Å². The Bertz CT molecular complexity index is 749. The number of rotatable bonds is 3. The Morgan fingerprint density at radius 3 is 2.48 bits per heavy atom. The number of hydrogen-bond donors (Lipinski definition) is 1. The second-order valence-corrected chi connectivity index (χ2v) is 6.14. The molecule has 1 N–H and O–H groups in total. The van der Waals surface area contributed by atoms with Crippen LogP contribution in [0.1, 0.15) is 5.56 Å². The van der Waals surface area contributed by atoms with E-state index >= 15 is 0 Å². The van der Waals surface area contributed by atoms with Crippen LogP contribution in [-0.2, 0) is 5.72 Å². The van der Waals surface area contributed by atoms with Gasteiger partial charge in [-0.15, -0.1) is 0 Å². The molecule has 1 unspecified atom stereocenters. The number of nitro groups is 1. The van der Waals surface area contributed by atoms with Crippen molar-refractivity contribution in [3.05, 3.63) is 70.3 Å². The maximum Gasteiger partial charge on any atom is 0.269 e. The molecule has 0 radical (unpaired) electrons. The molecule has 0 aliphatic carbocycles. The maximum atomic E-state index is 11.0. The number of nitro benzene ring substituents is 1. The minimum absolute atomic E-state index is 0.00355. The van der Waals surface area contributed by atoms with E-state index in [-0.39, 0.29) is 5.69 Å². The predicted molar refractivity (Wildman–Crippen MR) is 90.8 cm³/mol. The van der Waals surface area contributed by atoms with Crippen molar-refractivity contribution in [3.63, 3.8) is 0 Å². The van der Waals surface area contributed by atoms with Gasteiger partial charge in [0, 0.05) is 24.7 Å². The average molecular weight is 329 g/mol. The molecule has 0 saturated carbocycles. The van der Waals surface area contributed by atoms with Crippen molar-refractivity contribution in [3.8, 4) is 0 Å². The molecule has 0 aromatic heterocycles. The number of aliphatic hydroxyl groups is 1. The summed E-state index contributed by atoms with van der Waals surface area (Å²) in [5, 5.41) is 22.4. The van der Waals surface area contributed by atoms with Crippen molar-refractivity contribution in [2.45, 2.75) is 5.72 Å². The summed E-state index contributed by atoms with van der Waals surface area (Å²) in [5.74, 6) is 0.410. The fraction of sp³-hybridized carbons (Fsp3) is 0.188. The van der Waals surface area contributed by atoms with Crippen LogP contribution in [0.15, 0.2) is 59.6 Å². The highest BCUT2D eigenvalue weighted by Crippen LogP contribution is 2.39. The van der Waals surface area contributed by atoms with Gasteiger partial charge in [-0.1, -0.05) is 30.0 Å². The number of hydrogen-bond acceptors (Lipinski definition) is 5. The van der Waals surface area contributed by atoms with Crippen LogP contribution in [0.4, 0.5) is 11.4 Å². The fourth-order valence-corrected chi connectivity index (χ4v) is 3.57. The zero-order valence-corrected chi connectivity index (χ0v) is 13.2. The smallest absolute Gasteiger partial charge is 0.269 e. The van der Waals surface area contributed by atoms with Crippen LogP contribution in [0.2, 0.25) is 0 Å². The summed E-state index contributed by atoms with van der Waals surface area (Å²) < 4.78 is 0. The van der Waals surface area contributed by atoms with Crippen LogP contribution in [0.25, 0.3) is 0 Å². The van der Waals surface area contributed by atoms with E-state index in [1.54, 1.807) is 24.1 Å². The van der Waals surface area contributed by atoms with Gasteiger partial charge in [-0.05, 0) is 24.3 Å². The van der Waals surface area contributed by atoms with E-state index in [0.29, 0.717) is 16.5 Å². The summed E-state index contributed by atoms with van der Waals surface area (Å²) in [6, 6.07) is 15.5. The molecule has 1 saturated heterocycles. The number of non-ortho nitro benzene ring substituents is 1. The third kappa shape index (κ3) is 2.93. The lowest BCUT2D eigenvalue weighted by Gasteiger charge is -2.31. The van der Waals surface area contributed by atoms with Crippen molar-refractivity contribution in [1.82, 2.24) is 4.90 Å². The molecule has 1 atom stereocenters. The first-order chi connectivity index (χ1) is 11.0. The minimum Gasteiger partial charge on any atom is -0.366 e. The summed E-state index contributed by atoms with van der Waals surface area (Å²) in [7, 11) is 1.77. The van der Waals surface area contributed by atoms with E-state index in [1.165, 1.54) is 23.9 Å². The number of para-hydroxylation sites is 1. The number of thioether (sulfide) groups is 1. The van der Waals surface area contributed by atoms with Crippen molar-refractivity contribution in [2.75, 3.05) is 12.8 Å². The van der Waals surface area contributed by atoms with Crippen LogP contribution >= 0.6 is 11.8 Å². The van der Waals surface area contributed by atoms with Gasteiger partial charge in [0.1, 0.15) is 0 Å². The van der Waals surface area contributed by atoms with Gasteiger partial charge in [-0.2, -0.15) is 0 Å². The Balaban J connectivity index is 1.88. The van der Waals surface area contributed by atoms with Gasteiger partial charge in [0.15, 0.2) is 10.9 Å². The third-order valence-corrected chi connectivity index (χ3v) is 4.94. The van der Waals surface area contributed by atoms with E-state index in [0.717, 1.165) is 5.69 Å². The molecule has 1 aliphatic rings. The second kappa shape index (κ2) is 6.02. The third-order valence-electron chi connectivity index (χ3n) is 3.77. The molecular weight excluding hydrogens is 314 g/mol. The zero-order chi connectivity index (χ0) is 16.4. The number of nitrogens with zero attached hydrogens (tertiary/aromatic N) is 3. The normalized spacial score (nSPS) is 22.5.